The fraction of sp³-hybridized carbons (Fsp3) is 0.269. The summed E-state index contributed by atoms with van der Waals surface area (Å²) >= 11 is 0. The summed E-state index contributed by atoms with van der Waals surface area (Å²) in [5.74, 6) is 2.00. The van der Waals surface area contributed by atoms with Gasteiger partial charge in [-0.25, -0.2) is 13.6 Å². The molecule has 0 amide bonds. The molecule has 1 saturated carbocycles. The molecule has 1 heterocycles. The molecule has 1 aliphatic carbocycles. The lowest BCUT2D eigenvalue weighted by Gasteiger charge is -2.11. The molecule has 3 aromatic rings. The van der Waals surface area contributed by atoms with Gasteiger partial charge in [-0.15, -0.1) is 0 Å². The van der Waals surface area contributed by atoms with Gasteiger partial charge in [-0.3, -0.25) is 4.79 Å². The molecule has 0 saturated heterocycles. The summed E-state index contributed by atoms with van der Waals surface area (Å²) in [5.41, 5.74) is 3.92. The number of aryl methyl sites for hydroxylation is 1. The number of carbonyl (C=O) groups excluding carboxylic acids is 1. The van der Waals surface area contributed by atoms with E-state index in [0.717, 1.165) is 46.6 Å². The lowest BCUT2D eigenvalue weighted by Crippen LogP contribution is -2.14. The summed E-state index contributed by atoms with van der Waals surface area (Å²) in [6.45, 7) is 4.39. The van der Waals surface area contributed by atoms with Gasteiger partial charge in [0.1, 0.15) is 5.78 Å². The predicted molar refractivity (Wildman–Crippen MR) is 129 cm³/mol. The van der Waals surface area contributed by atoms with Crippen LogP contribution in [0.25, 0.3) is 11.1 Å². The molecule has 3 aromatic carbocycles. The first-order valence-corrected chi connectivity index (χ1v) is 12.3. The van der Waals surface area contributed by atoms with E-state index in [1.165, 1.54) is 12.1 Å². The number of sulfonamides is 1. The smallest absolute Gasteiger partial charge is 0.238 e. The fourth-order valence-corrected chi connectivity index (χ4v) is 4.21. The Kier molecular flexibility index (Phi) is 6.28. The van der Waals surface area contributed by atoms with Gasteiger partial charge in [-0.2, -0.15) is 0 Å². The lowest BCUT2D eigenvalue weighted by molar-refractivity contribution is -0.122. The van der Waals surface area contributed by atoms with E-state index in [1.54, 1.807) is 12.1 Å². The van der Waals surface area contributed by atoms with Crippen LogP contribution < -0.4 is 14.6 Å². The minimum atomic E-state index is -3.68. The molecule has 174 valence electrons. The van der Waals surface area contributed by atoms with Gasteiger partial charge in [-0.05, 0) is 66.3 Å². The van der Waals surface area contributed by atoms with E-state index in [0.29, 0.717) is 19.0 Å². The number of Topliss-reactive ketones (excluding diaryl/α,β-unsaturated/α-hetero) is 1. The van der Waals surface area contributed by atoms with Crippen LogP contribution in [0, 0.1) is 12.3 Å². The van der Waals surface area contributed by atoms with E-state index in [9.17, 15) is 13.2 Å². The van der Waals surface area contributed by atoms with Crippen molar-refractivity contribution >= 4 is 15.8 Å². The second-order valence-electron chi connectivity index (χ2n) is 8.73. The third-order valence-electron chi connectivity index (χ3n) is 6.10. The van der Waals surface area contributed by atoms with Crippen molar-refractivity contribution < 1.29 is 24.1 Å². The van der Waals surface area contributed by atoms with Crippen molar-refractivity contribution in [1.29, 1.82) is 0 Å². The number of nitrogens with two attached hydrogens (primary N) is 1. The number of benzene rings is 3. The van der Waals surface area contributed by atoms with Crippen molar-refractivity contribution in [3.63, 3.8) is 0 Å². The van der Waals surface area contributed by atoms with Crippen LogP contribution in [0.3, 0.4) is 0 Å². The molecule has 1 aliphatic heterocycles. The maximum atomic E-state index is 12.2. The third kappa shape index (κ3) is 5.43. The molecule has 0 radical (unpaired) electrons. The number of rotatable bonds is 5. The van der Waals surface area contributed by atoms with Gasteiger partial charge in [0.2, 0.25) is 16.8 Å². The van der Waals surface area contributed by atoms with Crippen molar-refractivity contribution in [2.45, 2.75) is 38.0 Å². The van der Waals surface area contributed by atoms with Gasteiger partial charge < -0.3 is 9.47 Å². The van der Waals surface area contributed by atoms with Gasteiger partial charge in [0, 0.05) is 13.3 Å². The molecule has 0 bridgehead atoms. The summed E-state index contributed by atoms with van der Waals surface area (Å²) in [7, 11) is -3.68. The van der Waals surface area contributed by atoms with Crippen LogP contribution in [0.15, 0.2) is 71.6 Å². The number of hydrogen-bond acceptors (Lipinski definition) is 5. The van der Waals surface area contributed by atoms with Crippen LogP contribution in [0.4, 0.5) is 0 Å². The normalized spacial score (nSPS) is 15.4. The Bertz CT molecular complexity index is 1260. The topological polar surface area (TPSA) is 95.7 Å². The number of primary sulfonamides is 1. The molecular formula is C26H29NO5S. The zero-order chi connectivity index (χ0) is 23.6. The summed E-state index contributed by atoms with van der Waals surface area (Å²) in [5, 5.41) is 5.12. The molecule has 7 heteroatoms. The van der Waals surface area contributed by atoms with Crippen LogP contribution in [0.2, 0.25) is 0 Å². The van der Waals surface area contributed by atoms with Gasteiger partial charge in [0.25, 0.3) is 0 Å². The Hall–Kier alpha value is -3.16. The van der Waals surface area contributed by atoms with E-state index < -0.39 is 10.0 Å². The highest BCUT2D eigenvalue weighted by molar-refractivity contribution is 7.89. The molecule has 0 spiro atoms. The third-order valence-corrected chi connectivity index (χ3v) is 7.03. The van der Waals surface area contributed by atoms with Crippen LogP contribution in [-0.4, -0.2) is 21.0 Å². The largest absolute Gasteiger partial charge is 0.454 e. The minimum Gasteiger partial charge on any atom is -0.454 e. The zero-order valence-electron chi connectivity index (χ0n) is 18.7. The maximum absolute atomic E-state index is 12.2. The number of para-hydroxylation sites is 2. The van der Waals surface area contributed by atoms with Crippen molar-refractivity contribution in [2.24, 2.45) is 10.6 Å². The van der Waals surface area contributed by atoms with E-state index >= 15 is 0 Å². The highest BCUT2D eigenvalue weighted by Crippen LogP contribution is 2.46. The van der Waals surface area contributed by atoms with E-state index in [-0.39, 0.29) is 11.7 Å². The number of ether oxygens (including phenoxy) is 2. The standard InChI is InChI=1S/C19H21NO3S.C7H6O2.H2/c1-13-11-14(12-18(21)19(2)9-10-19)3-8-17(13)15-4-6-16(7-5-15)24(20,22)23;1-2-4-7-6(3-1)8-5-9-7;/h3-8,11H,9-10,12H2,1-2H3,(H2,20,22,23);1-4H,5H2;1H. The molecule has 0 atom stereocenters. The zero-order valence-corrected chi connectivity index (χ0v) is 19.5. The average molecular weight is 468 g/mol. The molecule has 5 rings (SSSR count). The van der Waals surface area contributed by atoms with Crippen LogP contribution in [0.1, 0.15) is 32.3 Å². The molecule has 6 nitrogen and oxygen atoms in total. The molecule has 2 N–H and O–H groups in total. The van der Waals surface area contributed by atoms with Crippen LogP contribution >= 0.6 is 0 Å². The maximum Gasteiger partial charge on any atom is 0.238 e. The van der Waals surface area contributed by atoms with Crippen molar-refractivity contribution in [2.75, 3.05) is 6.79 Å². The van der Waals surface area contributed by atoms with Gasteiger partial charge in [0.15, 0.2) is 11.5 Å². The Labute approximate surface area is 195 Å². The molecule has 1 fully saturated rings. The SMILES string of the molecule is Cc1cc(CC(=O)C2(C)CC2)ccc1-c1ccc(S(N)(=O)=O)cc1.[HH].c1ccc2c(c1)OCO2. The number of ketones is 1. The fourth-order valence-electron chi connectivity index (χ4n) is 3.69. The van der Waals surface area contributed by atoms with Crippen molar-refractivity contribution in [3.05, 3.63) is 77.9 Å². The molecule has 33 heavy (non-hydrogen) atoms. The van der Waals surface area contributed by atoms with Crippen LogP contribution in [0.5, 0.6) is 11.5 Å². The Morgan fingerprint density at radius 2 is 1.61 bits per heavy atom. The number of hydrogen-bond donors (Lipinski definition) is 1. The van der Waals surface area contributed by atoms with E-state index in [4.69, 9.17) is 14.6 Å². The molecule has 0 unspecified atom stereocenters. The second-order valence-corrected chi connectivity index (χ2v) is 10.3. The minimum absolute atomic E-state index is 0. The average Bonchev–Trinajstić information content (AvgIpc) is 3.36. The van der Waals surface area contributed by atoms with E-state index in [1.807, 2.05) is 56.3 Å². The first-order valence-electron chi connectivity index (χ1n) is 10.8. The first kappa shape index (κ1) is 23.0. The van der Waals surface area contributed by atoms with Gasteiger partial charge >= 0.3 is 0 Å². The second kappa shape index (κ2) is 9.00. The Balaban J connectivity index is 0.000000270. The highest BCUT2D eigenvalue weighted by atomic mass is 32.2. The summed E-state index contributed by atoms with van der Waals surface area (Å²) in [4.78, 5) is 12.3. The molecule has 2 aliphatic rings. The Morgan fingerprint density at radius 3 is 2.12 bits per heavy atom. The van der Waals surface area contributed by atoms with Crippen molar-refractivity contribution in [3.8, 4) is 22.6 Å². The number of fused-ring (bicyclic) bond motifs is 1. The highest BCUT2D eigenvalue weighted by Gasteiger charge is 2.43. The summed E-state index contributed by atoms with van der Waals surface area (Å²) < 4.78 is 32.8. The number of carbonyl (C=O) groups is 1. The van der Waals surface area contributed by atoms with Gasteiger partial charge in [0.05, 0.1) is 4.90 Å². The molecule has 0 aromatic heterocycles. The summed E-state index contributed by atoms with van der Waals surface area (Å²) in [6, 6.07) is 20.1. The lowest BCUT2D eigenvalue weighted by atomic mass is 9.93. The first-order chi connectivity index (χ1) is 15.7. The quantitative estimate of drug-likeness (QED) is 0.577. The Morgan fingerprint density at radius 1 is 1.00 bits per heavy atom. The van der Waals surface area contributed by atoms with E-state index in [2.05, 4.69) is 0 Å². The van der Waals surface area contributed by atoms with Crippen LogP contribution in [-0.2, 0) is 21.2 Å². The monoisotopic (exact) mass is 467 g/mol. The van der Waals surface area contributed by atoms with Gasteiger partial charge in [-0.1, -0.05) is 49.4 Å². The molecular weight excluding hydrogens is 438 g/mol. The predicted octanol–water partition coefficient (Wildman–Crippen LogP) is 4.88. The summed E-state index contributed by atoms with van der Waals surface area (Å²) in [6.07, 6.45) is 2.47. The van der Waals surface area contributed by atoms with Crippen molar-refractivity contribution in [1.82, 2.24) is 0 Å².